The molecule has 2 fully saturated rings. The quantitative estimate of drug-likeness (QED) is 0.614. The highest BCUT2D eigenvalue weighted by Gasteiger charge is 2.60. The van der Waals surface area contributed by atoms with E-state index in [0.29, 0.717) is 0 Å². The molecule has 0 aromatic heterocycles. The molecule has 3 unspecified atom stereocenters. The van der Waals surface area contributed by atoms with Crippen LogP contribution in [0, 0.1) is 11.8 Å². The summed E-state index contributed by atoms with van der Waals surface area (Å²) in [5.41, 5.74) is 0.347. The number of methoxy groups -OCH3 is 1. The lowest BCUT2D eigenvalue weighted by atomic mass is 9.68. The first-order valence-electron chi connectivity index (χ1n) is 7.05. The van der Waals surface area contributed by atoms with Gasteiger partial charge in [-0.15, -0.1) is 0 Å². The smallest absolute Gasteiger partial charge is 0.321 e. The molecule has 0 N–H and O–H groups in total. The number of carbonyl (C=O) groups is 2. The fourth-order valence-corrected chi connectivity index (χ4v) is 3.67. The Bertz CT molecular complexity index is 525. The number of carbonyl (C=O) groups excluding carboxylic acids is 2. The number of ether oxygens (including phenoxy) is 2. The van der Waals surface area contributed by atoms with Crippen LogP contribution in [0.25, 0.3) is 0 Å². The highest BCUT2D eigenvalue weighted by atomic mass is 16.6. The Labute approximate surface area is 118 Å². The van der Waals surface area contributed by atoms with Gasteiger partial charge in [0.2, 0.25) is 0 Å². The molecule has 1 aromatic carbocycles. The molecule has 0 spiro atoms. The minimum atomic E-state index is -0.777. The number of hydrogen-bond donors (Lipinski definition) is 0. The fraction of sp³-hybridized carbons (Fsp3) is 0.500. The van der Waals surface area contributed by atoms with Crippen LogP contribution in [0.4, 0.5) is 0 Å². The maximum atomic E-state index is 12.2. The zero-order valence-corrected chi connectivity index (χ0v) is 11.5. The highest BCUT2D eigenvalue weighted by Crippen LogP contribution is 2.53. The lowest BCUT2D eigenvalue weighted by Gasteiger charge is -2.38. The average Bonchev–Trinajstić information content (AvgIpc) is 2.80. The van der Waals surface area contributed by atoms with Crippen molar-refractivity contribution in [1.82, 2.24) is 0 Å². The molecule has 3 rings (SSSR count). The Morgan fingerprint density at radius 3 is 2.75 bits per heavy atom. The van der Waals surface area contributed by atoms with E-state index in [1.54, 1.807) is 0 Å². The molecule has 106 valence electrons. The average molecular weight is 274 g/mol. The molecule has 0 radical (unpaired) electrons. The lowest BCUT2D eigenvalue weighted by Crippen LogP contribution is -2.39. The monoisotopic (exact) mass is 274 g/mol. The predicted molar refractivity (Wildman–Crippen MR) is 71.7 cm³/mol. The first-order chi connectivity index (χ1) is 9.69. The van der Waals surface area contributed by atoms with Crippen LogP contribution in [-0.2, 0) is 24.7 Å². The topological polar surface area (TPSA) is 52.6 Å². The molecule has 1 aromatic rings. The van der Waals surface area contributed by atoms with E-state index < -0.39 is 23.5 Å². The first-order valence-corrected chi connectivity index (χ1v) is 7.05. The number of esters is 2. The third-order valence-corrected chi connectivity index (χ3v) is 4.57. The molecule has 1 aliphatic carbocycles. The Morgan fingerprint density at radius 2 is 2.05 bits per heavy atom. The van der Waals surface area contributed by atoms with Crippen LogP contribution >= 0.6 is 0 Å². The molecule has 1 heterocycles. The summed E-state index contributed by atoms with van der Waals surface area (Å²) >= 11 is 0. The summed E-state index contributed by atoms with van der Waals surface area (Å²) in [7, 11) is 1.32. The van der Waals surface area contributed by atoms with Crippen molar-refractivity contribution in [2.24, 2.45) is 11.8 Å². The standard InChI is InChI=1S/C16H18O4/c1-19-14(17)13-12-9-5-6-10-16(12,20-15(13)18)11-7-3-2-4-8-11/h2-4,7-8,12-13H,5-6,9-10H2,1H3. The van der Waals surface area contributed by atoms with Crippen LogP contribution in [0.3, 0.4) is 0 Å². The van der Waals surface area contributed by atoms with Gasteiger partial charge in [-0.2, -0.15) is 0 Å². The van der Waals surface area contributed by atoms with Gasteiger partial charge < -0.3 is 9.47 Å². The van der Waals surface area contributed by atoms with Gasteiger partial charge in [-0.05, 0) is 24.8 Å². The Hall–Kier alpha value is -1.84. The molecule has 3 atom stereocenters. The number of rotatable bonds is 2. The summed E-state index contributed by atoms with van der Waals surface area (Å²) in [6, 6.07) is 9.77. The normalized spacial score (nSPS) is 32.4. The number of hydrogen-bond acceptors (Lipinski definition) is 4. The van der Waals surface area contributed by atoms with E-state index in [-0.39, 0.29) is 5.92 Å². The summed E-state index contributed by atoms with van der Waals surface area (Å²) in [4.78, 5) is 24.1. The van der Waals surface area contributed by atoms with Crippen molar-refractivity contribution in [1.29, 1.82) is 0 Å². The molecule has 4 heteroatoms. The van der Waals surface area contributed by atoms with Crippen LogP contribution in [0.1, 0.15) is 31.2 Å². The molecule has 0 bridgehead atoms. The van der Waals surface area contributed by atoms with Gasteiger partial charge >= 0.3 is 11.9 Å². The van der Waals surface area contributed by atoms with E-state index in [0.717, 1.165) is 31.2 Å². The lowest BCUT2D eigenvalue weighted by molar-refractivity contribution is -0.158. The second-order valence-corrected chi connectivity index (χ2v) is 5.53. The van der Waals surface area contributed by atoms with E-state index in [1.165, 1.54) is 7.11 Å². The van der Waals surface area contributed by atoms with Gasteiger partial charge in [0.1, 0.15) is 5.60 Å². The maximum Gasteiger partial charge on any atom is 0.321 e. The number of fused-ring (bicyclic) bond motifs is 1. The van der Waals surface area contributed by atoms with Crippen LogP contribution < -0.4 is 0 Å². The summed E-state index contributed by atoms with van der Waals surface area (Å²) in [6.07, 6.45) is 3.62. The molecule has 0 amide bonds. The van der Waals surface area contributed by atoms with Gasteiger partial charge in [-0.3, -0.25) is 9.59 Å². The molecular weight excluding hydrogens is 256 g/mol. The van der Waals surface area contributed by atoms with Crippen LogP contribution in [0.2, 0.25) is 0 Å². The van der Waals surface area contributed by atoms with Crippen molar-refractivity contribution in [2.45, 2.75) is 31.3 Å². The van der Waals surface area contributed by atoms with E-state index in [4.69, 9.17) is 9.47 Å². The van der Waals surface area contributed by atoms with Crippen LogP contribution in [-0.4, -0.2) is 19.0 Å². The van der Waals surface area contributed by atoms with Gasteiger partial charge in [0.25, 0.3) is 0 Å². The second-order valence-electron chi connectivity index (χ2n) is 5.53. The van der Waals surface area contributed by atoms with Gasteiger partial charge in [0.05, 0.1) is 7.11 Å². The van der Waals surface area contributed by atoms with Gasteiger partial charge in [0, 0.05) is 5.92 Å². The van der Waals surface area contributed by atoms with Gasteiger partial charge in [-0.25, -0.2) is 0 Å². The summed E-state index contributed by atoms with van der Waals surface area (Å²) in [5.74, 6) is -1.80. The van der Waals surface area contributed by atoms with Crippen molar-refractivity contribution in [2.75, 3.05) is 7.11 Å². The molecule has 1 saturated heterocycles. The molecule has 2 aliphatic rings. The Kier molecular flexibility index (Phi) is 3.24. The van der Waals surface area contributed by atoms with E-state index in [2.05, 4.69) is 0 Å². The van der Waals surface area contributed by atoms with Crippen molar-refractivity contribution in [3.05, 3.63) is 35.9 Å². The van der Waals surface area contributed by atoms with Crippen molar-refractivity contribution in [3.8, 4) is 0 Å². The Morgan fingerprint density at radius 1 is 1.30 bits per heavy atom. The van der Waals surface area contributed by atoms with Crippen LogP contribution in [0.5, 0.6) is 0 Å². The highest BCUT2D eigenvalue weighted by molar-refractivity contribution is 5.97. The van der Waals surface area contributed by atoms with E-state index in [9.17, 15) is 9.59 Å². The minimum absolute atomic E-state index is 0.112. The summed E-state index contributed by atoms with van der Waals surface area (Å²) in [6.45, 7) is 0. The van der Waals surface area contributed by atoms with Crippen molar-refractivity contribution < 1.29 is 19.1 Å². The summed E-state index contributed by atoms with van der Waals surface area (Å²) in [5, 5.41) is 0. The fourth-order valence-electron chi connectivity index (χ4n) is 3.67. The van der Waals surface area contributed by atoms with Gasteiger partial charge in [-0.1, -0.05) is 36.8 Å². The summed E-state index contributed by atoms with van der Waals surface area (Å²) < 4.78 is 10.5. The molecule has 1 aliphatic heterocycles. The number of benzene rings is 1. The van der Waals surface area contributed by atoms with Crippen LogP contribution in [0.15, 0.2) is 30.3 Å². The molecule has 1 saturated carbocycles. The third kappa shape index (κ3) is 1.82. The zero-order chi connectivity index (χ0) is 14.2. The molecule has 4 nitrogen and oxygen atoms in total. The Balaban J connectivity index is 2.04. The largest absolute Gasteiger partial charge is 0.468 e. The zero-order valence-electron chi connectivity index (χ0n) is 11.5. The maximum absolute atomic E-state index is 12.2. The molecule has 20 heavy (non-hydrogen) atoms. The van der Waals surface area contributed by atoms with Crippen molar-refractivity contribution in [3.63, 3.8) is 0 Å². The first kappa shape index (κ1) is 13.2. The SMILES string of the molecule is COC(=O)C1C(=O)OC2(c3ccccc3)CCCCC12. The molecular formula is C16H18O4. The van der Waals surface area contributed by atoms with Gasteiger partial charge in [0.15, 0.2) is 5.92 Å². The van der Waals surface area contributed by atoms with E-state index >= 15 is 0 Å². The second kappa shape index (κ2) is 4.93. The van der Waals surface area contributed by atoms with Crippen molar-refractivity contribution >= 4 is 11.9 Å². The predicted octanol–water partition coefficient (Wildman–Crippen LogP) is 2.42. The minimum Gasteiger partial charge on any atom is -0.468 e. The van der Waals surface area contributed by atoms with E-state index in [1.807, 2.05) is 30.3 Å². The third-order valence-electron chi connectivity index (χ3n) is 4.57.